The van der Waals surface area contributed by atoms with Crippen LogP contribution in [0.3, 0.4) is 0 Å². The Morgan fingerprint density at radius 1 is 1.24 bits per heavy atom. The summed E-state index contributed by atoms with van der Waals surface area (Å²) in [7, 11) is 1.23. The number of thiophene rings is 1. The molecule has 0 fully saturated rings. The minimum atomic E-state index is -0.975. The molecule has 29 heavy (non-hydrogen) atoms. The van der Waals surface area contributed by atoms with E-state index in [2.05, 4.69) is 4.99 Å². The quantitative estimate of drug-likeness (QED) is 0.679. The molecular weight excluding hydrogens is 396 g/mol. The molecule has 0 amide bonds. The van der Waals surface area contributed by atoms with Crippen LogP contribution in [0.5, 0.6) is 0 Å². The molecule has 2 aliphatic rings. The average molecular weight is 415 g/mol. The summed E-state index contributed by atoms with van der Waals surface area (Å²) in [5, 5.41) is 1.96. The van der Waals surface area contributed by atoms with Crippen molar-refractivity contribution in [3.8, 4) is 0 Å². The van der Waals surface area contributed by atoms with Crippen LogP contribution >= 0.6 is 11.3 Å². The van der Waals surface area contributed by atoms with Gasteiger partial charge in [-0.1, -0.05) is 6.07 Å². The standard InChI is InChI=1S/C22H19F2NO3S/c1-11-19(22(27)28-2)20(14-10-13(23)5-6-15(14)24)21-16(25-11)8-12(9-17(21)26)18-4-3-7-29-18/h3-7,10,12,19-20H,8-9H2,1-2H3/t12-,19?,20+/m1/s1. The summed E-state index contributed by atoms with van der Waals surface area (Å²) in [6, 6.07) is 7.00. The Morgan fingerprint density at radius 2 is 2.03 bits per heavy atom. The van der Waals surface area contributed by atoms with Gasteiger partial charge in [0.15, 0.2) is 5.78 Å². The number of carbonyl (C=O) groups is 2. The van der Waals surface area contributed by atoms with E-state index in [1.54, 1.807) is 18.3 Å². The first kappa shape index (κ1) is 19.6. The van der Waals surface area contributed by atoms with Crippen LogP contribution in [0, 0.1) is 17.6 Å². The van der Waals surface area contributed by atoms with Gasteiger partial charge in [-0.05, 0) is 48.6 Å². The van der Waals surface area contributed by atoms with Crippen molar-refractivity contribution in [2.24, 2.45) is 10.9 Å². The first-order chi connectivity index (χ1) is 13.9. The van der Waals surface area contributed by atoms with E-state index in [1.807, 2.05) is 17.5 Å². The monoisotopic (exact) mass is 415 g/mol. The van der Waals surface area contributed by atoms with Crippen molar-refractivity contribution in [1.82, 2.24) is 0 Å². The topological polar surface area (TPSA) is 55.7 Å². The summed E-state index contributed by atoms with van der Waals surface area (Å²) < 4.78 is 33.6. The number of Topliss-reactive ketones (excluding diaryl/α,β-unsaturated/α-hetero) is 1. The summed E-state index contributed by atoms with van der Waals surface area (Å²) in [6.45, 7) is 1.66. The van der Waals surface area contributed by atoms with Crippen LogP contribution in [0.15, 0.2) is 52.0 Å². The lowest BCUT2D eigenvalue weighted by atomic mass is 9.70. The van der Waals surface area contributed by atoms with Crippen molar-refractivity contribution >= 4 is 28.8 Å². The Morgan fingerprint density at radius 3 is 2.72 bits per heavy atom. The molecule has 0 saturated carbocycles. The molecule has 1 unspecified atom stereocenters. The lowest BCUT2D eigenvalue weighted by Crippen LogP contribution is -2.38. The van der Waals surface area contributed by atoms with E-state index >= 15 is 0 Å². The van der Waals surface area contributed by atoms with Gasteiger partial charge in [-0.2, -0.15) is 0 Å². The van der Waals surface area contributed by atoms with Crippen molar-refractivity contribution in [3.63, 3.8) is 0 Å². The maximum absolute atomic E-state index is 14.7. The van der Waals surface area contributed by atoms with E-state index in [4.69, 9.17) is 4.74 Å². The van der Waals surface area contributed by atoms with Gasteiger partial charge in [-0.3, -0.25) is 14.6 Å². The van der Waals surface area contributed by atoms with Crippen molar-refractivity contribution in [2.75, 3.05) is 7.11 Å². The van der Waals surface area contributed by atoms with Gasteiger partial charge in [-0.25, -0.2) is 8.78 Å². The number of hydrogen-bond donors (Lipinski definition) is 0. The Balaban J connectivity index is 1.87. The highest BCUT2D eigenvalue weighted by molar-refractivity contribution is 7.10. The third-order valence-corrected chi connectivity index (χ3v) is 6.62. The van der Waals surface area contributed by atoms with Gasteiger partial charge in [0.1, 0.15) is 17.6 Å². The second-order valence-electron chi connectivity index (χ2n) is 7.30. The van der Waals surface area contributed by atoms with Gasteiger partial charge < -0.3 is 4.74 Å². The first-order valence-corrected chi connectivity index (χ1v) is 10.2. The largest absolute Gasteiger partial charge is 0.468 e. The van der Waals surface area contributed by atoms with Gasteiger partial charge in [0, 0.05) is 40.1 Å². The van der Waals surface area contributed by atoms with Crippen molar-refractivity contribution < 1.29 is 23.1 Å². The molecule has 3 atom stereocenters. The number of halogens is 2. The second kappa shape index (κ2) is 7.63. The molecule has 1 aliphatic heterocycles. The maximum Gasteiger partial charge on any atom is 0.315 e. The highest BCUT2D eigenvalue weighted by Crippen LogP contribution is 2.47. The van der Waals surface area contributed by atoms with E-state index in [-0.39, 0.29) is 23.7 Å². The Bertz CT molecular complexity index is 1040. The van der Waals surface area contributed by atoms with Crippen LogP contribution in [0.4, 0.5) is 8.78 Å². The van der Waals surface area contributed by atoms with Crippen LogP contribution in [0.25, 0.3) is 0 Å². The van der Waals surface area contributed by atoms with E-state index in [9.17, 15) is 18.4 Å². The predicted molar refractivity (Wildman–Crippen MR) is 106 cm³/mol. The Labute approximate surface area is 170 Å². The van der Waals surface area contributed by atoms with Gasteiger partial charge >= 0.3 is 5.97 Å². The van der Waals surface area contributed by atoms with Gasteiger partial charge in [-0.15, -0.1) is 11.3 Å². The van der Waals surface area contributed by atoms with E-state index in [0.29, 0.717) is 23.4 Å². The summed E-state index contributed by atoms with van der Waals surface area (Å²) in [6.07, 6.45) is 0.759. The minimum Gasteiger partial charge on any atom is -0.468 e. The SMILES string of the molecule is COC(=O)C1C(C)=NC2=C(C(=O)C[C@H](c3cccs3)C2)[C@H]1c1cc(F)ccc1F. The number of aliphatic imine (C=N–C) groups is 1. The molecule has 0 spiro atoms. The highest BCUT2D eigenvalue weighted by atomic mass is 32.1. The van der Waals surface area contributed by atoms with Crippen molar-refractivity contribution in [2.45, 2.75) is 31.6 Å². The van der Waals surface area contributed by atoms with Crippen LogP contribution in [-0.4, -0.2) is 24.6 Å². The fraction of sp³-hybridized carbons (Fsp3) is 0.318. The molecule has 1 aromatic carbocycles. The number of nitrogens with zero attached hydrogens (tertiary/aromatic N) is 1. The number of esters is 1. The zero-order valence-electron chi connectivity index (χ0n) is 15.9. The number of ether oxygens (including phenoxy) is 1. The van der Waals surface area contributed by atoms with E-state index in [0.717, 1.165) is 23.1 Å². The van der Waals surface area contributed by atoms with Crippen LogP contribution in [-0.2, 0) is 14.3 Å². The van der Waals surface area contributed by atoms with Crippen molar-refractivity contribution in [3.05, 3.63) is 69.1 Å². The highest BCUT2D eigenvalue weighted by Gasteiger charge is 2.45. The third kappa shape index (κ3) is 3.44. The fourth-order valence-corrected chi connectivity index (χ4v) is 5.14. The summed E-state index contributed by atoms with van der Waals surface area (Å²) in [4.78, 5) is 31.4. The van der Waals surface area contributed by atoms with E-state index in [1.165, 1.54) is 7.11 Å². The molecule has 0 bridgehead atoms. The van der Waals surface area contributed by atoms with Crippen molar-refractivity contribution in [1.29, 1.82) is 0 Å². The Hall–Kier alpha value is -2.67. The fourth-order valence-electron chi connectivity index (χ4n) is 4.31. The van der Waals surface area contributed by atoms with Gasteiger partial charge in [0.2, 0.25) is 0 Å². The summed E-state index contributed by atoms with van der Waals surface area (Å²) in [5.41, 5.74) is 1.25. The number of benzene rings is 1. The molecule has 1 aliphatic carbocycles. The molecule has 2 aromatic rings. The lowest BCUT2D eigenvalue weighted by molar-refractivity contribution is -0.143. The lowest BCUT2D eigenvalue weighted by Gasteiger charge is -2.36. The molecule has 4 rings (SSSR count). The number of hydrogen-bond acceptors (Lipinski definition) is 5. The molecule has 150 valence electrons. The van der Waals surface area contributed by atoms with Crippen LogP contribution in [0.1, 0.15) is 42.0 Å². The smallest absolute Gasteiger partial charge is 0.315 e. The number of ketones is 1. The summed E-state index contributed by atoms with van der Waals surface area (Å²) >= 11 is 1.58. The van der Waals surface area contributed by atoms with Crippen LogP contribution < -0.4 is 0 Å². The second-order valence-corrected chi connectivity index (χ2v) is 8.28. The minimum absolute atomic E-state index is 0.00881. The molecule has 0 saturated heterocycles. The first-order valence-electron chi connectivity index (χ1n) is 9.28. The van der Waals surface area contributed by atoms with E-state index < -0.39 is 29.4 Å². The summed E-state index contributed by atoms with van der Waals surface area (Å²) in [5.74, 6) is -4.06. The molecule has 0 N–H and O–H groups in total. The molecule has 1 aromatic heterocycles. The molecule has 7 heteroatoms. The molecule has 2 heterocycles. The number of rotatable bonds is 3. The van der Waals surface area contributed by atoms with Crippen LogP contribution in [0.2, 0.25) is 0 Å². The molecular formula is C22H19F2NO3S. The normalized spacial score (nSPS) is 24.2. The van der Waals surface area contributed by atoms with Gasteiger partial charge in [0.25, 0.3) is 0 Å². The number of allylic oxidation sites excluding steroid dienone is 2. The number of carbonyl (C=O) groups excluding carboxylic acids is 2. The molecule has 4 nitrogen and oxygen atoms in total. The van der Waals surface area contributed by atoms with Gasteiger partial charge in [0.05, 0.1) is 7.11 Å². The zero-order chi connectivity index (χ0) is 20.7. The zero-order valence-corrected chi connectivity index (χ0v) is 16.8. The predicted octanol–water partition coefficient (Wildman–Crippen LogP) is 4.77. The number of methoxy groups -OCH3 is 1. The maximum atomic E-state index is 14.7. The third-order valence-electron chi connectivity index (χ3n) is 5.58. The average Bonchev–Trinajstić information content (AvgIpc) is 3.23. The Kier molecular flexibility index (Phi) is 5.17. The molecule has 0 radical (unpaired) electrons.